The molecule has 0 N–H and O–H groups in total. The van der Waals surface area contributed by atoms with Gasteiger partial charge in [0.2, 0.25) is 0 Å². The molecule has 3 atom stereocenters. The molecule has 3 fully saturated rings. The van der Waals surface area contributed by atoms with Gasteiger partial charge < -0.3 is 0 Å². The van der Waals surface area contributed by atoms with Crippen LogP contribution in [0.2, 0.25) is 0 Å². The van der Waals surface area contributed by atoms with E-state index in [2.05, 4.69) is 54.0 Å². The monoisotopic (exact) mass is 284 g/mol. The van der Waals surface area contributed by atoms with Crippen LogP contribution in [0.1, 0.15) is 51.1 Å². The highest BCUT2D eigenvalue weighted by molar-refractivity contribution is 5.22. The molecule has 0 bridgehead atoms. The number of rotatable bonds is 2. The molecule has 1 aromatic carbocycles. The molecular weight excluding hydrogens is 256 g/mol. The maximum atomic E-state index is 2.85. The van der Waals surface area contributed by atoms with Crippen molar-refractivity contribution in [1.29, 1.82) is 0 Å². The number of benzene rings is 1. The van der Waals surface area contributed by atoms with E-state index in [9.17, 15) is 0 Å². The third-order valence-electron chi connectivity index (χ3n) is 6.02. The highest BCUT2D eigenvalue weighted by Crippen LogP contribution is 2.52. The lowest BCUT2D eigenvalue weighted by Crippen LogP contribution is -2.57. The van der Waals surface area contributed by atoms with Crippen LogP contribution in [0.3, 0.4) is 0 Å². The normalized spacial score (nSPS) is 36.2. The zero-order valence-electron chi connectivity index (χ0n) is 13.5. The molecule has 0 radical (unpaired) electrons. The van der Waals surface area contributed by atoms with Crippen molar-refractivity contribution in [2.24, 2.45) is 5.41 Å². The van der Waals surface area contributed by atoms with E-state index >= 15 is 0 Å². The molecule has 4 rings (SSSR count). The van der Waals surface area contributed by atoms with Crippen LogP contribution in [0.25, 0.3) is 0 Å². The highest BCUT2D eigenvalue weighted by atomic mass is 15.3. The SMILES string of the molecule is CC1(C)CC1N1CC2CCCCN2CC1c1ccccc1. The Kier molecular flexibility index (Phi) is 3.35. The van der Waals surface area contributed by atoms with Crippen molar-refractivity contribution in [3.05, 3.63) is 35.9 Å². The number of piperidine rings is 1. The molecule has 3 unspecified atom stereocenters. The molecule has 3 aliphatic rings. The lowest BCUT2D eigenvalue weighted by atomic mass is 9.93. The molecule has 1 saturated carbocycles. The minimum Gasteiger partial charge on any atom is -0.297 e. The summed E-state index contributed by atoms with van der Waals surface area (Å²) in [4.78, 5) is 5.62. The Morgan fingerprint density at radius 2 is 1.81 bits per heavy atom. The van der Waals surface area contributed by atoms with Crippen LogP contribution >= 0.6 is 0 Å². The van der Waals surface area contributed by atoms with E-state index in [1.54, 1.807) is 0 Å². The molecule has 1 aromatic rings. The van der Waals surface area contributed by atoms with Gasteiger partial charge in [-0.2, -0.15) is 0 Å². The fraction of sp³-hybridized carbons (Fsp3) is 0.684. The Bertz CT molecular complexity index is 496. The van der Waals surface area contributed by atoms with Gasteiger partial charge in [-0.25, -0.2) is 0 Å². The van der Waals surface area contributed by atoms with Crippen molar-refractivity contribution in [1.82, 2.24) is 9.80 Å². The average Bonchev–Trinajstić information content (AvgIpc) is 3.15. The summed E-state index contributed by atoms with van der Waals surface area (Å²) in [5, 5.41) is 0. The molecule has 2 heteroatoms. The first kappa shape index (κ1) is 13.8. The highest BCUT2D eigenvalue weighted by Gasteiger charge is 2.53. The third-order valence-corrected chi connectivity index (χ3v) is 6.02. The lowest BCUT2D eigenvalue weighted by molar-refractivity contribution is -0.00221. The smallest absolute Gasteiger partial charge is 0.0479 e. The van der Waals surface area contributed by atoms with E-state index < -0.39 is 0 Å². The predicted molar refractivity (Wildman–Crippen MR) is 87.3 cm³/mol. The van der Waals surface area contributed by atoms with Gasteiger partial charge in [0.05, 0.1) is 0 Å². The van der Waals surface area contributed by atoms with E-state index in [0.29, 0.717) is 11.5 Å². The Labute approximate surface area is 129 Å². The van der Waals surface area contributed by atoms with Crippen molar-refractivity contribution >= 4 is 0 Å². The van der Waals surface area contributed by atoms with Crippen LogP contribution in [0.4, 0.5) is 0 Å². The van der Waals surface area contributed by atoms with E-state index in [1.807, 2.05) is 0 Å². The number of fused-ring (bicyclic) bond motifs is 1. The fourth-order valence-electron chi connectivity index (χ4n) is 4.53. The Hall–Kier alpha value is -0.860. The topological polar surface area (TPSA) is 6.48 Å². The van der Waals surface area contributed by atoms with Crippen LogP contribution in [-0.2, 0) is 0 Å². The van der Waals surface area contributed by atoms with Crippen molar-refractivity contribution in [3.63, 3.8) is 0 Å². The van der Waals surface area contributed by atoms with Crippen molar-refractivity contribution < 1.29 is 0 Å². The summed E-state index contributed by atoms with van der Waals surface area (Å²) in [5.74, 6) is 0. The quantitative estimate of drug-likeness (QED) is 0.817. The largest absolute Gasteiger partial charge is 0.297 e. The second-order valence-corrected chi connectivity index (χ2v) is 7.98. The van der Waals surface area contributed by atoms with Gasteiger partial charge in [-0.1, -0.05) is 50.6 Å². The first-order valence-corrected chi connectivity index (χ1v) is 8.70. The van der Waals surface area contributed by atoms with Crippen molar-refractivity contribution in [2.75, 3.05) is 19.6 Å². The van der Waals surface area contributed by atoms with Crippen LogP contribution in [0, 0.1) is 5.41 Å². The van der Waals surface area contributed by atoms with Gasteiger partial charge in [0.25, 0.3) is 0 Å². The lowest BCUT2D eigenvalue weighted by Gasteiger charge is -2.49. The van der Waals surface area contributed by atoms with E-state index in [-0.39, 0.29) is 0 Å². The van der Waals surface area contributed by atoms with Crippen molar-refractivity contribution in [3.8, 4) is 0 Å². The number of piperazine rings is 1. The third kappa shape index (κ3) is 2.53. The summed E-state index contributed by atoms with van der Waals surface area (Å²) in [6.07, 6.45) is 5.61. The number of nitrogens with zero attached hydrogens (tertiary/aromatic N) is 2. The Morgan fingerprint density at radius 3 is 2.52 bits per heavy atom. The molecule has 2 heterocycles. The summed E-state index contributed by atoms with van der Waals surface area (Å²) in [6, 6.07) is 13.4. The minimum absolute atomic E-state index is 0.532. The zero-order chi connectivity index (χ0) is 14.4. The second-order valence-electron chi connectivity index (χ2n) is 7.98. The fourth-order valence-corrected chi connectivity index (χ4v) is 4.53. The maximum absolute atomic E-state index is 2.85. The molecule has 2 saturated heterocycles. The molecule has 2 aliphatic heterocycles. The number of hydrogen-bond donors (Lipinski definition) is 0. The summed E-state index contributed by atoms with van der Waals surface area (Å²) in [6.45, 7) is 8.71. The zero-order valence-corrected chi connectivity index (χ0v) is 13.5. The van der Waals surface area contributed by atoms with Gasteiger partial charge >= 0.3 is 0 Å². The summed E-state index contributed by atoms with van der Waals surface area (Å²) in [5.41, 5.74) is 2.05. The standard InChI is InChI=1S/C19H28N2/c1-19(2)12-18(19)21-13-16-10-6-7-11-20(16)14-17(21)15-8-4-3-5-9-15/h3-5,8-9,16-18H,6-7,10-14H2,1-2H3. The first-order chi connectivity index (χ1) is 10.1. The van der Waals surface area contributed by atoms with Crippen LogP contribution in [0.15, 0.2) is 30.3 Å². The minimum atomic E-state index is 0.532. The molecule has 1 aliphatic carbocycles. The molecule has 0 amide bonds. The molecule has 21 heavy (non-hydrogen) atoms. The second kappa shape index (κ2) is 5.10. The van der Waals surface area contributed by atoms with Gasteiger partial charge in [0.15, 0.2) is 0 Å². The van der Waals surface area contributed by atoms with E-state index in [4.69, 9.17) is 0 Å². The van der Waals surface area contributed by atoms with Crippen molar-refractivity contribution in [2.45, 2.75) is 57.7 Å². The maximum Gasteiger partial charge on any atom is 0.0479 e. The molecule has 114 valence electrons. The molecule has 2 nitrogen and oxygen atoms in total. The van der Waals surface area contributed by atoms with Gasteiger partial charge in [0, 0.05) is 31.2 Å². The average molecular weight is 284 g/mol. The summed E-state index contributed by atoms with van der Waals surface area (Å²) < 4.78 is 0. The van der Waals surface area contributed by atoms with Gasteiger partial charge in [-0.3, -0.25) is 9.80 Å². The Morgan fingerprint density at radius 1 is 1.05 bits per heavy atom. The van der Waals surface area contributed by atoms with E-state index in [1.165, 1.54) is 50.9 Å². The first-order valence-electron chi connectivity index (χ1n) is 8.70. The van der Waals surface area contributed by atoms with E-state index in [0.717, 1.165) is 12.1 Å². The molecular formula is C19H28N2. The van der Waals surface area contributed by atoms with Gasteiger partial charge in [0.1, 0.15) is 0 Å². The predicted octanol–water partition coefficient (Wildman–Crippen LogP) is 3.70. The van der Waals surface area contributed by atoms with Gasteiger partial charge in [-0.15, -0.1) is 0 Å². The summed E-state index contributed by atoms with van der Waals surface area (Å²) >= 11 is 0. The van der Waals surface area contributed by atoms with Gasteiger partial charge in [-0.05, 0) is 36.8 Å². The van der Waals surface area contributed by atoms with Crippen LogP contribution < -0.4 is 0 Å². The van der Waals surface area contributed by atoms with Crippen LogP contribution in [0.5, 0.6) is 0 Å². The number of hydrogen-bond acceptors (Lipinski definition) is 2. The van der Waals surface area contributed by atoms with Crippen LogP contribution in [-0.4, -0.2) is 41.5 Å². The Balaban J connectivity index is 1.61. The molecule has 0 aromatic heterocycles. The molecule has 0 spiro atoms. The summed E-state index contributed by atoms with van der Waals surface area (Å²) in [7, 11) is 0.